The molecule has 0 fully saturated rings. The molecule has 2 N–H and O–H groups in total. The molecule has 31 heavy (non-hydrogen) atoms. The highest BCUT2D eigenvalue weighted by molar-refractivity contribution is 6.39. The summed E-state index contributed by atoms with van der Waals surface area (Å²) in [7, 11) is 1.54. The maximum absolute atomic E-state index is 12.5. The molecule has 7 nitrogen and oxygen atoms in total. The van der Waals surface area contributed by atoms with Crippen LogP contribution in [0.4, 0.5) is 11.4 Å². The Balaban J connectivity index is 1.46. The summed E-state index contributed by atoms with van der Waals surface area (Å²) in [5, 5.41) is 5.39. The third-order valence-electron chi connectivity index (χ3n) is 5.36. The van der Waals surface area contributed by atoms with Crippen molar-refractivity contribution in [3.8, 4) is 5.75 Å². The average Bonchev–Trinajstić information content (AvgIpc) is 3.24. The molecular formula is C24H24N4O3. The van der Waals surface area contributed by atoms with Crippen LogP contribution < -0.4 is 20.3 Å². The first-order chi connectivity index (χ1) is 15.2. The first-order valence-electron chi connectivity index (χ1n) is 10.1. The van der Waals surface area contributed by atoms with Crippen molar-refractivity contribution in [2.45, 2.75) is 12.5 Å². The molecule has 7 heteroatoms. The van der Waals surface area contributed by atoms with Crippen molar-refractivity contribution < 1.29 is 14.3 Å². The Labute approximate surface area is 181 Å². The van der Waals surface area contributed by atoms with Crippen LogP contribution >= 0.6 is 0 Å². The Bertz CT molecular complexity index is 1070. The summed E-state index contributed by atoms with van der Waals surface area (Å²) in [6.45, 7) is 1.12. The zero-order chi connectivity index (χ0) is 21.6. The molecule has 1 aliphatic rings. The number of pyridine rings is 1. The van der Waals surface area contributed by atoms with Gasteiger partial charge in [0, 0.05) is 42.9 Å². The van der Waals surface area contributed by atoms with E-state index in [1.165, 1.54) is 5.56 Å². The molecule has 0 saturated carbocycles. The molecule has 2 aromatic carbocycles. The number of carbonyl (C=O) groups is 2. The van der Waals surface area contributed by atoms with Gasteiger partial charge in [0.25, 0.3) is 0 Å². The van der Waals surface area contributed by atoms with Gasteiger partial charge in [-0.3, -0.25) is 14.6 Å². The highest BCUT2D eigenvalue weighted by atomic mass is 16.5. The quantitative estimate of drug-likeness (QED) is 0.604. The van der Waals surface area contributed by atoms with Crippen LogP contribution in [0, 0.1) is 0 Å². The summed E-state index contributed by atoms with van der Waals surface area (Å²) in [5.74, 6) is -0.813. The predicted octanol–water partition coefficient (Wildman–Crippen LogP) is 2.95. The monoisotopic (exact) mass is 416 g/mol. The number of carbonyl (C=O) groups excluding carboxylic acids is 2. The summed E-state index contributed by atoms with van der Waals surface area (Å²) in [6, 6.07) is 18.9. The van der Waals surface area contributed by atoms with Crippen molar-refractivity contribution in [3.05, 3.63) is 84.2 Å². The summed E-state index contributed by atoms with van der Waals surface area (Å²) in [5.41, 5.74) is 3.90. The third-order valence-corrected chi connectivity index (χ3v) is 5.36. The van der Waals surface area contributed by atoms with Crippen molar-refractivity contribution >= 4 is 23.2 Å². The van der Waals surface area contributed by atoms with E-state index in [9.17, 15) is 9.59 Å². The smallest absolute Gasteiger partial charge is 0.313 e. The number of ether oxygens (including phenoxy) is 1. The Morgan fingerprint density at radius 2 is 1.97 bits per heavy atom. The fraction of sp³-hybridized carbons (Fsp3) is 0.208. The molecule has 158 valence electrons. The van der Waals surface area contributed by atoms with Crippen molar-refractivity contribution in [2.75, 3.05) is 30.4 Å². The van der Waals surface area contributed by atoms with Gasteiger partial charge in [0.15, 0.2) is 0 Å². The number of hydrogen-bond acceptors (Lipinski definition) is 5. The largest absolute Gasteiger partial charge is 0.497 e. The Morgan fingerprint density at radius 1 is 1.10 bits per heavy atom. The fourth-order valence-electron chi connectivity index (χ4n) is 3.83. The van der Waals surface area contributed by atoms with Crippen LogP contribution in [0.5, 0.6) is 5.75 Å². The molecule has 0 spiro atoms. The molecule has 1 aromatic heterocycles. The number of benzene rings is 2. The molecule has 1 aliphatic heterocycles. The van der Waals surface area contributed by atoms with E-state index in [0.29, 0.717) is 11.4 Å². The van der Waals surface area contributed by atoms with Gasteiger partial charge in [0.2, 0.25) is 0 Å². The van der Waals surface area contributed by atoms with Crippen LogP contribution in [-0.4, -0.2) is 37.0 Å². The number of aromatic nitrogens is 1. The lowest BCUT2D eigenvalue weighted by molar-refractivity contribution is -0.136. The second-order valence-electron chi connectivity index (χ2n) is 7.27. The molecule has 3 aromatic rings. The van der Waals surface area contributed by atoms with E-state index < -0.39 is 11.8 Å². The van der Waals surface area contributed by atoms with Gasteiger partial charge in [0.05, 0.1) is 13.2 Å². The predicted molar refractivity (Wildman–Crippen MR) is 119 cm³/mol. The van der Waals surface area contributed by atoms with Gasteiger partial charge >= 0.3 is 11.8 Å². The van der Waals surface area contributed by atoms with Crippen LogP contribution in [-0.2, 0) is 16.0 Å². The molecule has 0 saturated heterocycles. The molecule has 0 radical (unpaired) electrons. The van der Waals surface area contributed by atoms with E-state index in [1.54, 1.807) is 43.8 Å². The van der Waals surface area contributed by atoms with E-state index >= 15 is 0 Å². The number of rotatable bonds is 6. The highest BCUT2D eigenvalue weighted by Crippen LogP contribution is 2.34. The lowest BCUT2D eigenvalue weighted by Gasteiger charge is -2.30. The maximum atomic E-state index is 12.5. The number of nitrogens with zero attached hydrogens (tertiary/aromatic N) is 2. The van der Waals surface area contributed by atoms with Gasteiger partial charge in [-0.2, -0.15) is 0 Å². The lowest BCUT2D eigenvalue weighted by atomic mass is 10.1. The minimum Gasteiger partial charge on any atom is -0.497 e. The van der Waals surface area contributed by atoms with Crippen LogP contribution in [0.2, 0.25) is 0 Å². The summed E-state index contributed by atoms with van der Waals surface area (Å²) in [4.78, 5) is 31.4. The zero-order valence-corrected chi connectivity index (χ0v) is 17.2. The standard InChI is InChI=1S/C24H24N4O3/c1-31-20-9-4-8-19(14-20)27-24(30)23(29)26-16-22(18-7-5-12-25-15-18)28-13-11-17-6-2-3-10-21(17)28/h2-10,12,14-15,22H,11,13,16H2,1H3,(H,26,29)(H,27,30)/t22-/m0/s1. The Hall–Kier alpha value is -3.87. The number of amides is 2. The second-order valence-corrected chi connectivity index (χ2v) is 7.27. The Morgan fingerprint density at radius 3 is 2.77 bits per heavy atom. The normalized spacial score (nSPS) is 13.3. The number of anilines is 2. The fourth-order valence-corrected chi connectivity index (χ4v) is 3.83. The molecule has 2 heterocycles. The molecular weight excluding hydrogens is 392 g/mol. The number of nitrogens with one attached hydrogen (secondary N) is 2. The molecule has 4 rings (SSSR count). The van der Waals surface area contributed by atoms with Crippen molar-refractivity contribution in [3.63, 3.8) is 0 Å². The van der Waals surface area contributed by atoms with E-state index in [1.807, 2.05) is 24.3 Å². The van der Waals surface area contributed by atoms with Crippen LogP contribution in [0.3, 0.4) is 0 Å². The summed E-state index contributed by atoms with van der Waals surface area (Å²) in [6.07, 6.45) is 4.46. The topological polar surface area (TPSA) is 83.6 Å². The van der Waals surface area contributed by atoms with Gasteiger partial charge in [-0.25, -0.2) is 0 Å². The summed E-state index contributed by atoms with van der Waals surface area (Å²) < 4.78 is 5.15. The molecule has 2 amide bonds. The maximum Gasteiger partial charge on any atom is 0.313 e. The van der Waals surface area contributed by atoms with E-state index in [2.05, 4.69) is 32.7 Å². The second kappa shape index (κ2) is 9.30. The van der Waals surface area contributed by atoms with Crippen molar-refractivity contribution in [1.29, 1.82) is 0 Å². The zero-order valence-electron chi connectivity index (χ0n) is 17.2. The average molecular weight is 416 g/mol. The SMILES string of the molecule is COc1cccc(NC(=O)C(=O)NC[C@@H](c2cccnc2)N2CCc3ccccc32)c1. The molecule has 0 aliphatic carbocycles. The Kier molecular flexibility index (Phi) is 6.12. The summed E-state index contributed by atoms with van der Waals surface area (Å²) >= 11 is 0. The van der Waals surface area contributed by atoms with Crippen LogP contribution in [0.15, 0.2) is 73.1 Å². The first-order valence-corrected chi connectivity index (χ1v) is 10.1. The third kappa shape index (κ3) is 4.66. The number of methoxy groups -OCH3 is 1. The van der Waals surface area contributed by atoms with E-state index in [4.69, 9.17) is 4.74 Å². The van der Waals surface area contributed by atoms with Gasteiger partial charge < -0.3 is 20.3 Å². The minimum atomic E-state index is -0.722. The molecule has 0 bridgehead atoms. The lowest BCUT2D eigenvalue weighted by Crippen LogP contribution is -2.41. The van der Waals surface area contributed by atoms with Gasteiger partial charge in [-0.05, 0) is 41.8 Å². The first kappa shape index (κ1) is 20.4. The highest BCUT2D eigenvalue weighted by Gasteiger charge is 2.28. The van der Waals surface area contributed by atoms with Gasteiger partial charge in [-0.1, -0.05) is 30.3 Å². The van der Waals surface area contributed by atoms with Crippen LogP contribution in [0.1, 0.15) is 17.2 Å². The van der Waals surface area contributed by atoms with E-state index in [-0.39, 0.29) is 12.6 Å². The number of para-hydroxylation sites is 1. The van der Waals surface area contributed by atoms with Gasteiger partial charge in [-0.15, -0.1) is 0 Å². The van der Waals surface area contributed by atoms with Crippen molar-refractivity contribution in [1.82, 2.24) is 10.3 Å². The minimum absolute atomic E-state index is 0.133. The number of fused-ring (bicyclic) bond motifs is 1. The number of hydrogen-bond donors (Lipinski definition) is 2. The molecule has 0 unspecified atom stereocenters. The molecule has 1 atom stereocenters. The van der Waals surface area contributed by atoms with Crippen LogP contribution in [0.25, 0.3) is 0 Å². The van der Waals surface area contributed by atoms with Gasteiger partial charge in [0.1, 0.15) is 5.75 Å². The van der Waals surface area contributed by atoms with Crippen molar-refractivity contribution in [2.24, 2.45) is 0 Å². The van der Waals surface area contributed by atoms with E-state index in [0.717, 1.165) is 24.2 Å².